The van der Waals surface area contributed by atoms with Crippen molar-refractivity contribution < 1.29 is 0 Å². The number of benzene rings is 1. The second-order valence-electron chi connectivity index (χ2n) is 6.69. The van der Waals surface area contributed by atoms with E-state index >= 15 is 0 Å². The average Bonchev–Trinajstić information content (AvgIpc) is 2.65. The molecular weight excluding hydrogens is 326 g/mol. The van der Waals surface area contributed by atoms with Crippen molar-refractivity contribution in [2.75, 3.05) is 11.9 Å². The van der Waals surface area contributed by atoms with E-state index in [1.165, 1.54) is 24.0 Å². The van der Waals surface area contributed by atoms with Crippen molar-refractivity contribution in [3.8, 4) is 0 Å². The van der Waals surface area contributed by atoms with E-state index in [1.54, 1.807) is 0 Å². The molecule has 1 aliphatic carbocycles. The Morgan fingerprint density at radius 2 is 2.08 bits per heavy atom. The van der Waals surface area contributed by atoms with Crippen LogP contribution in [0.3, 0.4) is 0 Å². The molecule has 130 valence electrons. The highest BCUT2D eigenvalue weighted by Crippen LogP contribution is 2.21. The van der Waals surface area contributed by atoms with Crippen LogP contribution >= 0.6 is 12.2 Å². The maximum Gasteiger partial charge on any atom is 0.173 e. The molecule has 0 saturated carbocycles. The van der Waals surface area contributed by atoms with Gasteiger partial charge in [-0.15, -0.1) is 0 Å². The molecule has 3 rings (SSSR count). The summed E-state index contributed by atoms with van der Waals surface area (Å²) >= 11 is 5.73. The number of rotatable bonds is 5. The number of hydrogen-bond donors (Lipinski definition) is 1. The van der Waals surface area contributed by atoms with Gasteiger partial charge < -0.3 is 10.2 Å². The van der Waals surface area contributed by atoms with Crippen molar-refractivity contribution in [3.05, 3.63) is 72.1 Å². The molecule has 0 saturated heterocycles. The summed E-state index contributed by atoms with van der Waals surface area (Å²) in [6, 6.07) is 12.4. The number of aromatic nitrogens is 1. The quantitative estimate of drug-likeness (QED) is 0.610. The second-order valence-corrected chi connectivity index (χ2v) is 7.08. The van der Waals surface area contributed by atoms with Crippen molar-refractivity contribution in [2.24, 2.45) is 5.92 Å². The first-order valence-corrected chi connectivity index (χ1v) is 9.28. The van der Waals surface area contributed by atoms with Crippen molar-refractivity contribution >= 4 is 23.0 Å². The lowest BCUT2D eigenvalue weighted by Crippen LogP contribution is -2.38. The van der Waals surface area contributed by atoms with Crippen molar-refractivity contribution in [2.45, 2.75) is 32.7 Å². The van der Waals surface area contributed by atoms with E-state index in [0.717, 1.165) is 30.3 Å². The molecule has 1 aromatic carbocycles. The van der Waals surface area contributed by atoms with E-state index in [0.29, 0.717) is 5.92 Å². The van der Waals surface area contributed by atoms with Gasteiger partial charge in [0.1, 0.15) is 0 Å². The summed E-state index contributed by atoms with van der Waals surface area (Å²) in [4.78, 5) is 6.51. The number of hydrogen-bond acceptors (Lipinski definition) is 2. The Balaban J connectivity index is 1.70. The van der Waals surface area contributed by atoms with Gasteiger partial charge in [0.25, 0.3) is 0 Å². The lowest BCUT2D eigenvalue weighted by molar-refractivity contribution is 0.319. The van der Waals surface area contributed by atoms with E-state index in [4.69, 9.17) is 12.2 Å². The molecule has 0 aliphatic heterocycles. The van der Waals surface area contributed by atoms with Crippen LogP contribution in [0.1, 0.15) is 30.4 Å². The largest absolute Gasteiger partial charge is 0.344 e. The molecule has 3 nitrogen and oxygen atoms in total. The summed E-state index contributed by atoms with van der Waals surface area (Å²) < 4.78 is 0. The fraction of sp³-hybridized carbons (Fsp3) is 0.333. The smallest absolute Gasteiger partial charge is 0.173 e. The average molecular weight is 352 g/mol. The third kappa shape index (κ3) is 5.40. The van der Waals surface area contributed by atoms with Crippen molar-refractivity contribution in [1.82, 2.24) is 9.88 Å². The highest BCUT2D eigenvalue weighted by Gasteiger charge is 2.18. The Morgan fingerprint density at radius 3 is 2.76 bits per heavy atom. The summed E-state index contributed by atoms with van der Waals surface area (Å²) in [7, 11) is 0. The molecule has 1 heterocycles. The number of thiocarbonyl (C=S) groups is 1. The van der Waals surface area contributed by atoms with Crippen LogP contribution in [0.2, 0.25) is 0 Å². The molecule has 0 fully saturated rings. The summed E-state index contributed by atoms with van der Waals surface area (Å²) in [5.74, 6) is 0.652. The van der Waals surface area contributed by atoms with Gasteiger partial charge in [-0.05, 0) is 68.1 Å². The van der Waals surface area contributed by atoms with Gasteiger partial charge in [0.05, 0.1) is 0 Å². The Hall–Kier alpha value is -2.20. The molecule has 0 spiro atoms. The van der Waals surface area contributed by atoms with E-state index in [2.05, 4.69) is 64.6 Å². The number of aryl methyl sites for hydroxylation is 1. The molecule has 25 heavy (non-hydrogen) atoms. The van der Waals surface area contributed by atoms with Crippen LogP contribution in [-0.4, -0.2) is 21.5 Å². The third-order valence-corrected chi connectivity index (χ3v) is 4.90. The molecule has 0 radical (unpaired) electrons. The number of nitrogens with zero attached hydrogens (tertiary/aromatic N) is 2. The zero-order chi connectivity index (χ0) is 17.5. The number of allylic oxidation sites excluding steroid dienone is 2. The molecule has 1 atom stereocenters. The predicted octanol–water partition coefficient (Wildman–Crippen LogP) is 4.95. The van der Waals surface area contributed by atoms with Gasteiger partial charge in [-0.1, -0.05) is 35.9 Å². The number of pyridine rings is 1. The maximum absolute atomic E-state index is 5.73. The first kappa shape index (κ1) is 17.6. The number of anilines is 1. The molecular formula is C21H25N3S. The first-order valence-electron chi connectivity index (χ1n) is 8.87. The maximum atomic E-state index is 5.73. The summed E-state index contributed by atoms with van der Waals surface area (Å²) in [6.45, 7) is 3.84. The second kappa shape index (κ2) is 8.77. The predicted molar refractivity (Wildman–Crippen MR) is 109 cm³/mol. The molecule has 0 bridgehead atoms. The minimum absolute atomic E-state index is 0.652. The van der Waals surface area contributed by atoms with Crippen LogP contribution in [0, 0.1) is 12.8 Å². The van der Waals surface area contributed by atoms with Crippen LogP contribution in [0.5, 0.6) is 0 Å². The summed E-state index contributed by atoms with van der Waals surface area (Å²) in [5.41, 5.74) is 3.47. The normalized spacial score (nSPS) is 16.4. The van der Waals surface area contributed by atoms with Crippen molar-refractivity contribution in [1.29, 1.82) is 0 Å². The van der Waals surface area contributed by atoms with Gasteiger partial charge in [-0.25, -0.2) is 0 Å². The van der Waals surface area contributed by atoms with Crippen molar-refractivity contribution in [3.63, 3.8) is 0 Å². The Morgan fingerprint density at radius 1 is 1.24 bits per heavy atom. The van der Waals surface area contributed by atoms with Gasteiger partial charge in [0.2, 0.25) is 0 Å². The highest BCUT2D eigenvalue weighted by atomic mass is 32.1. The van der Waals surface area contributed by atoms with Crippen LogP contribution in [0.4, 0.5) is 5.69 Å². The fourth-order valence-corrected chi connectivity index (χ4v) is 3.36. The van der Waals surface area contributed by atoms with Gasteiger partial charge in [0.15, 0.2) is 5.11 Å². The third-order valence-electron chi connectivity index (χ3n) is 4.54. The molecule has 4 heteroatoms. The Bertz CT molecular complexity index is 710. The van der Waals surface area contributed by atoms with E-state index in [1.807, 2.05) is 18.5 Å². The minimum atomic E-state index is 0.652. The zero-order valence-electron chi connectivity index (χ0n) is 14.7. The van der Waals surface area contributed by atoms with Crippen LogP contribution in [0.15, 0.2) is 60.9 Å². The SMILES string of the molecule is Cc1ccc(NC(=S)N(Cc2cccnc2)CC2CC=CCC2)cc1. The van der Waals surface area contributed by atoms with Gasteiger partial charge >= 0.3 is 0 Å². The summed E-state index contributed by atoms with van der Waals surface area (Å²) in [5, 5.41) is 4.18. The van der Waals surface area contributed by atoms with E-state index in [-0.39, 0.29) is 0 Å². The monoisotopic (exact) mass is 351 g/mol. The number of nitrogens with one attached hydrogen (secondary N) is 1. The molecule has 0 amide bonds. The topological polar surface area (TPSA) is 28.2 Å². The Labute approximate surface area is 155 Å². The lowest BCUT2D eigenvalue weighted by Gasteiger charge is -2.30. The van der Waals surface area contributed by atoms with Crippen LogP contribution in [0.25, 0.3) is 0 Å². The van der Waals surface area contributed by atoms with Gasteiger partial charge in [0, 0.05) is 31.2 Å². The zero-order valence-corrected chi connectivity index (χ0v) is 15.5. The first-order chi connectivity index (χ1) is 12.2. The molecule has 1 aromatic heterocycles. The van der Waals surface area contributed by atoms with E-state index in [9.17, 15) is 0 Å². The van der Waals surface area contributed by atoms with Crippen LogP contribution in [-0.2, 0) is 6.54 Å². The molecule has 1 aliphatic rings. The molecule has 1 N–H and O–H groups in total. The highest BCUT2D eigenvalue weighted by molar-refractivity contribution is 7.80. The lowest BCUT2D eigenvalue weighted by atomic mass is 9.94. The van der Waals surface area contributed by atoms with E-state index < -0.39 is 0 Å². The molecule has 2 aromatic rings. The summed E-state index contributed by atoms with van der Waals surface area (Å²) in [6.07, 6.45) is 11.8. The molecule has 1 unspecified atom stereocenters. The minimum Gasteiger partial charge on any atom is -0.344 e. The van der Waals surface area contributed by atoms with Gasteiger partial charge in [-0.2, -0.15) is 0 Å². The van der Waals surface area contributed by atoms with Gasteiger partial charge in [-0.3, -0.25) is 4.98 Å². The Kier molecular flexibility index (Phi) is 6.18. The van der Waals surface area contributed by atoms with Crippen LogP contribution < -0.4 is 5.32 Å². The fourth-order valence-electron chi connectivity index (χ4n) is 3.10. The standard InChI is InChI=1S/C21H25N3S/c1-17-9-11-20(12-10-17)23-21(25)24(15-18-6-3-2-4-7-18)16-19-8-5-13-22-14-19/h2-3,5,8-14,18H,4,6-7,15-16H2,1H3,(H,23,25).